The molecule has 2 rings (SSSR count). The third-order valence-corrected chi connectivity index (χ3v) is 3.71. The molecule has 0 radical (unpaired) electrons. The summed E-state index contributed by atoms with van der Waals surface area (Å²) in [6, 6.07) is 11.3. The van der Waals surface area contributed by atoms with Crippen molar-refractivity contribution in [3.05, 3.63) is 64.2 Å². The lowest BCUT2D eigenvalue weighted by Gasteiger charge is -2.28. The Kier molecular flexibility index (Phi) is 4.44. The molecule has 1 atom stereocenters. The predicted octanol–water partition coefficient (Wildman–Crippen LogP) is 4.69. The van der Waals surface area contributed by atoms with Crippen LogP contribution in [0.15, 0.2) is 36.4 Å². The summed E-state index contributed by atoms with van der Waals surface area (Å²) in [5, 5.41) is 9.29. The van der Waals surface area contributed by atoms with Crippen molar-refractivity contribution in [3.8, 4) is 6.07 Å². The zero-order valence-electron chi connectivity index (χ0n) is 11.6. The lowest BCUT2D eigenvalue weighted by molar-refractivity contribution is 0.502. The van der Waals surface area contributed by atoms with Gasteiger partial charge in [-0.05, 0) is 36.8 Å². The number of halogens is 3. The Balaban J connectivity index is 2.38. The summed E-state index contributed by atoms with van der Waals surface area (Å²) in [6.45, 7) is 1.86. The van der Waals surface area contributed by atoms with E-state index in [-0.39, 0.29) is 17.3 Å². The van der Waals surface area contributed by atoms with Gasteiger partial charge in [0.15, 0.2) is 11.6 Å². The van der Waals surface area contributed by atoms with Crippen LogP contribution in [0.3, 0.4) is 0 Å². The first-order valence-electron chi connectivity index (χ1n) is 6.32. The summed E-state index contributed by atoms with van der Waals surface area (Å²) in [5.41, 5.74) is 0.674. The molecule has 0 saturated carbocycles. The van der Waals surface area contributed by atoms with Gasteiger partial charge >= 0.3 is 0 Å². The number of hydrogen-bond acceptors (Lipinski definition) is 2. The van der Waals surface area contributed by atoms with Gasteiger partial charge in [0.2, 0.25) is 0 Å². The summed E-state index contributed by atoms with van der Waals surface area (Å²) < 4.78 is 27.8. The van der Waals surface area contributed by atoms with Crippen LogP contribution in [0.25, 0.3) is 0 Å². The van der Waals surface area contributed by atoms with E-state index >= 15 is 0 Å². The van der Waals surface area contributed by atoms with E-state index in [0.717, 1.165) is 5.56 Å². The molecular formula is C16H13ClF2N2. The molecule has 21 heavy (non-hydrogen) atoms. The molecule has 5 heteroatoms. The molecule has 0 bridgehead atoms. The number of nitrogens with zero attached hydrogens (tertiary/aromatic N) is 2. The molecular weight excluding hydrogens is 294 g/mol. The molecule has 2 aromatic rings. The van der Waals surface area contributed by atoms with Gasteiger partial charge in [-0.1, -0.05) is 23.7 Å². The SMILES string of the molecule is CC(c1cccc(Cl)c1)N(C)c1ccc(C#N)c(F)c1F. The molecule has 1 unspecified atom stereocenters. The number of benzene rings is 2. The van der Waals surface area contributed by atoms with Crippen LogP contribution < -0.4 is 4.90 Å². The van der Waals surface area contributed by atoms with Gasteiger partial charge in [0.25, 0.3) is 0 Å². The fourth-order valence-electron chi connectivity index (χ4n) is 2.10. The predicted molar refractivity (Wildman–Crippen MR) is 79.3 cm³/mol. The first kappa shape index (κ1) is 15.3. The van der Waals surface area contributed by atoms with E-state index in [1.54, 1.807) is 36.2 Å². The van der Waals surface area contributed by atoms with Crippen molar-refractivity contribution in [2.75, 3.05) is 11.9 Å². The van der Waals surface area contributed by atoms with Gasteiger partial charge in [0, 0.05) is 12.1 Å². The minimum absolute atomic E-state index is 0.0963. The van der Waals surface area contributed by atoms with Gasteiger partial charge in [0.05, 0.1) is 17.3 Å². The molecule has 0 aliphatic rings. The zero-order valence-corrected chi connectivity index (χ0v) is 12.3. The van der Waals surface area contributed by atoms with E-state index in [1.807, 2.05) is 13.0 Å². The third kappa shape index (κ3) is 2.98. The van der Waals surface area contributed by atoms with Crippen molar-refractivity contribution in [2.45, 2.75) is 13.0 Å². The minimum atomic E-state index is -1.12. The maximum absolute atomic E-state index is 14.1. The Morgan fingerprint density at radius 2 is 1.90 bits per heavy atom. The van der Waals surface area contributed by atoms with Crippen molar-refractivity contribution >= 4 is 17.3 Å². The van der Waals surface area contributed by atoms with Gasteiger partial charge in [0.1, 0.15) is 6.07 Å². The van der Waals surface area contributed by atoms with Crippen LogP contribution in [0.2, 0.25) is 5.02 Å². The van der Waals surface area contributed by atoms with Gasteiger partial charge in [-0.2, -0.15) is 5.26 Å². The first-order chi connectivity index (χ1) is 9.95. The Hall–Kier alpha value is -2.12. The average Bonchev–Trinajstić information content (AvgIpc) is 2.48. The van der Waals surface area contributed by atoms with Gasteiger partial charge < -0.3 is 4.90 Å². The van der Waals surface area contributed by atoms with Crippen molar-refractivity contribution < 1.29 is 8.78 Å². The smallest absolute Gasteiger partial charge is 0.183 e. The van der Waals surface area contributed by atoms with Crippen LogP contribution in [-0.4, -0.2) is 7.05 Å². The average molecular weight is 307 g/mol. The van der Waals surface area contributed by atoms with E-state index in [9.17, 15) is 8.78 Å². The highest BCUT2D eigenvalue weighted by Gasteiger charge is 2.20. The van der Waals surface area contributed by atoms with Crippen LogP contribution in [0.5, 0.6) is 0 Å². The summed E-state index contributed by atoms with van der Waals surface area (Å²) in [7, 11) is 1.66. The quantitative estimate of drug-likeness (QED) is 0.822. The van der Waals surface area contributed by atoms with Gasteiger partial charge in [-0.25, -0.2) is 8.78 Å². The largest absolute Gasteiger partial charge is 0.365 e. The van der Waals surface area contributed by atoms with Gasteiger partial charge in [-0.3, -0.25) is 0 Å². The lowest BCUT2D eigenvalue weighted by Crippen LogP contribution is -2.23. The summed E-state index contributed by atoms with van der Waals surface area (Å²) in [5.74, 6) is -2.15. The summed E-state index contributed by atoms with van der Waals surface area (Å²) in [6.07, 6.45) is 0. The molecule has 0 aliphatic heterocycles. The number of rotatable bonds is 3. The van der Waals surface area contributed by atoms with Crippen LogP contribution in [0, 0.1) is 23.0 Å². The van der Waals surface area contributed by atoms with Crippen molar-refractivity contribution in [3.63, 3.8) is 0 Å². The van der Waals surface area contributed by atoms with Crippen molar-refractivity contribution in [2.24, 2.45) is 0 Å². The Morgan fingerprint density at radius 1 is 1.19 bits per heavy atom. The fourth-order valence-corrected chi connectivity index (χ4v) is 2.30. The van der Waals surface area contributed by atoms with E-state index in [4.69, 9.17) is 16.9 Å². The van der Waals surface area contributed by atoms with E-state index in [2.05, 4.69) is 0 Å². The minimum Gasteiger partial charge on any atom is -0.365 e. The molecule has 2 aromatic carbocycles. The number of nitriles is 1. The Bertz CT molecular complexity index is 710. The molecule has 0 N–H and O–H groups in total. The maximum Gasteiger partial charge on any atom is 0.183 e. The summed E-state index contributed by atoms with van der Waals surface area (Å²) in [4.78, 5) is 1.60. The van der Waals surface area contributed by atoms with E-state index in [0.29, 0.717) is 5.02 Å². The topological polar surface area (TPSA) is 27.0 Å². The summed E-state index contributed by atoms with van der Waals surface area (Å²) >= 11 is 5.95. The molecule has 0 amide bonds. The molecule has 0 aromatic heterocycles. The third-order valence-electron chi connectivity index (χ3n) is 3.47. The van der Waals surface area contributed by atoms with Crippen LogP contribution in [-0.2, 0) is 0 Å². The standard InChI is InChI=1S/C16H13ClF2N2/c1-10(11-4-3-5-13(17)8-11)21(2)14-7-6-12(9-20)15(18)16(14)19/h3-8,10H,1-2H3. The highest BCUT2D eigenvalue weighted by molar-refractivity contribution is 6.30. The molecule has 0 spiro atoms. The Labute approximate surface area is 127 Å². The molecule has 0 fully saturated rings. The number of hydrogen-bond donors (Lipinski definition) is 0. The number of anilines is 1. The first-order valence-corrected chi connectivity index (χ1v) is 6.70. The lowest BCUT2D eigenvalue weighted by atomic mass is 10.1. The van der Waals surface area contributed by atoms with E-state index < -0.39 is 11.6 Å². The molecule has 0 saturated heterocycles. The normalized spacial score (nSPS) is 11.8. The highest BCUT2D eigenvalue weighted by atomic mass is 35.5. The molecule has 108 valence electrons. The zero-order chi connectivity index (χ0) is 15.6. The van der Waals surface area contributed by atoms with Crippen LogP contribution in [0.1, 0.15) is 24.1 Å². The van der Waals surface area contributed by atoms with Crippen molar-refractivity contribution in [1.82, 2.24) is 0 Å². The molecule has 0 heterocycles. The highest BCUT2D eigenvalue weighted by Crippen LogP contribution is 2.30. The molecule has 2 nitrogen and oxygen atoms in total. The van der Waals surface area contributed by atoms with Crippen LogP contribution >= 0.6 is 11.6 Å². The van der Waals surface area contributed by atoms with E-state index in [1.165, 1.54) is 12.1 Å². The second-order valence-corrected chi connectivity index (χ2v) is 5.15. The monoisotopic (exact) mass is 306 g/mol. The second kappa shape index (κ2) is 6.11. The van der Waals surface area contributed by atoms with Crippen LogP contribution in [0.4, 0.5) is 14.5 Å². The van der Waals surface area contributed by atoms with Crippen molar-refractivity contribution in [1.29, 1.82) is 5.26 Å². The second-order valence-electron chi connectivity index (χ2n) is 4.71. The van der Waals surface area contributed by atoms with Gasteiger partial charge in [-0.15, -0.1) is 0 Å². The molecule has 0 aliphatic carbocycles. The fraction of sp³-hybridized carbons (Fsp3) is 0.188. The Morgan fingerprint density at radius 3 is 2.52 bits per heavy atom. The maximum atomic E-state index is 14.1.